The molecule has 5 heteroatoms. The van der Waals surface area contributed by atoms with Crippen LogP contribution in [0.3, 0.4) is 0 Å². The molecular weight excluding hydrogens is 294 g/mol. The summed E-state index contributed by atoms with van der Waals surface area (Å²) in [5, 5.41) is 8.61. The Morgan fingerprint density at radius 2 is 2.28 bits per heavy atom. The molecule has 0 bridgehead atoms. The minimum atomic E-state index is -0.0212. The number of amides is 1. The fourth-order valence-electron chi connectivity index (χ4n) is 1.79. The SMILES string of the molecule is CCN(CCC#N)C(=O)c1cc(Br)cn1C(C)C. The van der Waals surface area contributed by atoms with Crippen LogP contribution in [0, 0.1) is 11.3 Å². The van der Waals surface area contributed by atoms with Crippen LogP contribution in [-0.4, -0.2) is 28.5 Å². The monoisotopic (exact) mass is 311 g/mol. The van der Waals surface area contributed by atoms with Crippen molar-refractivity contribution in [1.82, 2.24) is 9.47 Å². The summed E-state index contributed by atoms with van der Waals surface area (Å²) >= 11 is 3.40. The first kappa shape index (κ1) is 14.8. The Balaban J connectivity index is 2.98. The number of halogens is 1. The standard InChI is InChI=1S/C13H18BrN3O/c1-4-16(7-5-6-15)13(18)12-8-11(14)9-17(12)10(2)3/h8-10H,4-5,7H2,1-3H3. The summed E-state index contributed by atoms with van der Waals surface area (Å²) in [5.41, 5.74) is 0.664. The summed E-state index contributed by atoms with van der Waals surface area (Å²) in [5.74, 6) is -0.0212. The molecule has 0 aliphatic rings. The van der Waals surface area contributed by atoms with Crippen LogP contribution in [0.2, 0.25) is 0 Å². The Kier molecular flexibility index (Phi) is 5.42. The van der Waals surface area contributed by atoms with Crippen molar-refractivity contribution in [3.8, 4) is 6.07 Å². The minimum Gasteiger partial charge on any atom is -0.340 e. The van der Waals surface area contributed by atoms with Gasteiger partial charge in [0.2, 0.25) is 0 Å². The van der Waals surface area contributed by atoms with Crippen molar-refractivity contribution < 1.29 is 4.79 Å². The smallest absolute Gasteiger partial charge is 0.270 e. The van der Waals surface area contributed by atoms with Crippen molar-refractivity contribution in [2.75, 3.05) is 13.1 Å². The van der Waals surface area contributed by atoms with Crippen LogP contribution in [0.15, 0.2) is 16.7 Å². The molecule has 1 heterocycles. The van der Waals surface area contributed by atoms with E-state index in [2.05, 4.69) is 22.0 Å². The lowest BCUT2D eigenvalue weighted by molar-refractivity contribution is 0.0755. The number of hydrogen-bond acceptors (Lipinski definition) is 2. The van der Waals surface area contributed by atoms with Crippen LogP contribution < -0.4 is 0 Å². The second-order valence-electron chi connectivity index (χ2n) is 4.34. The molecule has 1 amide bonds. The third-order valence-corrected chi connectivity index (χ3v) is 3.19. The summed E-state index contributed by atoms with van der Waals surface area (Å²) in [6.45, 7) is 7.09. The summed E-state index contributed by atoms with van der Waals surface area (Å²) in [6, 6.07) is 4.13. The van der Waals surface area contributed by atoms with Crippen LogP contribution in [-0.2, 0) is 0 Å². The van der Waals surface area contributed by atoms with Gasteiger partial charge in [0.25, 0.3) is 5.91 Å². The summed E-state index contributed by atoms with van der Waals surface area (Å²) in [4.78, 5) is 14.1. The van der Waals surface area contributed by atoms with Crippen molar-refractivity contribution in [2.24, 2.45) is 0 Å². The van der Waals surface area contributed by atoms with Gasteiger partial charge in [0, 0.05) is 29.8 Å². The van der Waals surface area contributed by atoms with E-state index in [0.717, 1.165) is 4.47 Å². The number of aromatic nitrogens is 1. The molecule has 0 aliphatic heterocycles. The molecule has 0 unspecified atom stereocenters. The first-order valence-electron chi connectivity index (χ1n) is 6.04. The lowest BCUT2D eigenvalue weighted by atomic mass is 10.3. The molecule has 0 atom stereocenters. The molecule has 0 spiro atoms. The molecule has 0 aliphatic carbocycles. The second kappa shape index (κ2) is 6.60. The third-order valence-electron chi connectivity index (χ3n) is 2.75. The van der Waals surface area contributed by atoms with Crippen LogP contribution in [0.4, 0.5) is 0 Å². The van der Waals surface area contributed by atoms with Crippen molar-refractivity contribution in [3.63, 3.8) is 0 Å². The Bertz CT molecular complexity index is 459. The molecule has 1 aromatic heterocycles. The lowest BCUT2D eigenvalue weighted by Gasteiger charge is -2.21. The minimum absolute atomic E-state index is 0.0212. The van der Waals surface area contributed by atoms with E-state index in [1.807, 2.05) is 37.6 Å². The highest BCUT2D eigenvalue weighted by molar-refractivity contribution is 9.10. The maximum absolute atomic E-state index is 12.4. The first-order chi connectivity index (χ1) is 8.51. The number of carbonyl (C=O) groups excluding carboxylic acids is 1. The third kappa shape index (κ3) is 3.36. The van der Waals surface area contributed by atoms with E-state index < -0.39 is 0 Å². The van der Waals surface area contributed by atoms with Gasteiger partial charge in [-0.25, -0.2) is 0 Å². The van der Waals surface area contributed by atoms with E-state index in [1.54, 1.807) is 4.90 Å². The Labute approximate surface area is 116 Å². The summed E-state index contributed by atoms with van der Waals surface area (Å²) < 4.78 is 2.84. The van der Waals surface area contributed by atoms with Crippen molar-refractivity contribution in [2.45, 2.75) is 33.2 Å². The molecular formula is C13H18BrN3O. The van der Waals surface area contributed by atoms with Gasteiger partial charge in [-0.05, 0) is 42.8 Å². The molecule has 0 N–H and O–H groups in total. The van der Waals surface area contributed by atoms with Crippen LogP contribution in [0.5, 0.6) is 0 Å². The average molecular weight is 312 g/mol. The summed E-state index contributed by atoms with van der Waals surface area (Å²) in [7, 11) is 0. The van der Waals surface area contributed by atoms with Gasteiger partial charge in [-0.15, -0.1) is 0 Å². The Morgan fingerprint density at radius 3 is 2.78 bits per heavy atom. The average Bonchev–Trinajstić information content (AvgIpc) is 2.72. The summed E-state index contributed by atoms with van der Waals surface area (Å²) in [6.07, 6.45) is 2.28. The number of carbonyl (C=O) groups is 1. The highest BCUT2D eigenvalue weighted by Crippen LogP contribution is 2.20. The van der Waals surface area contributed by atoms with Gasteiger partial charge in [-0.3, -0.25) is 4.79 Å². The van der Waals surface area contributed by atoms with E-state index >= 15 is 0 Å². The number of hydrogen-bond donors (Lipinski definition) is 0. The van der Waals surface area contributed by atoms with Gasteiger partial charge in [-0.2, -0.15) is 5.26 Å². The largest absolute Gasteiger partial charge is 0.340 e. The van der Waals surface area contributed by atoms with Gasteiger partial charge in [-0.1, -0.05) is 0 Å². The predicted molar refractivity (Wildman–Crippen MR) is 74.3 cm³/mol. The molecule has 4 nitrogen and oxygen atoms in total. The van der Waals surface area contributed by atoms with E-state index in [4.69, 9.17) is 5.26 Å². The zero-order valence-corrected chi connectivity index (χ0v) is 12.6. The zero-order valence-electron chi connectivity index (χ0n) is 11.0. The van der Waals surface area contributed by atoms with E-state index in [9.17, 15) is 4.79 Å². The Morgan fingerprint density at radius 1 is 1.61 bits per heavy atom. The highest BCUT2D eigenvalue weighted by atomic mass is 79.9. The van der Waals surface area contributed by atoms with Crippen molar-refractivity contribution in [3.05, 3.63) is 22.4 Å². The molecule has 0 saturated carbocycles. The quantitative estimate of drug-likeness (QED) is 0.838. The molecule has 0 fully saturated rings. The second-order valence-corrected chi connectivity index (χ2v) is 5.25. The molecule has 18 heavy (non-hydrogen) atoms. The van der Waals surface area contributed by atoms with E-state index in [-0.39, 0.29) is 11.9 Å². The van der Waals surface area contributed by atoms with Crippen molar-refractivity contribution >= 4 is 21.8 Å². The lowest BCUT2D eigenvalue weighted by Crippen LogP contribution is -2.33. The Hall–Kier alpha value is -1.28. The molecule has 1 rings (SSSR count). The molecule has 0 radical (unpaired) electrons. The van der Waals surface area contributed by atoms with E-state index in [0.29, 0.717) is 25.2 Å². The highest BCUT2D eigenvalue weighted by Gasteiger charge is 2.19. The van der Waals surface area contributed by atoms with E-state index in [1.165, 1.54) is 0 Å². The fourth-order valence-corrected chi connectivity index (χ4v) is 2.23. The number of rotatable bonds is 5. The fraction of sp³-hybridized carbons (Fsp3) is 0.538. The van der Waals surface area contributed by atoms with Crippen LogP contribution in [0.1, 0.15) is 43.7 Å². The zero-order chi connectivity index (χ0) is 13.7. The van der Waals surface area contributed by atoms with Crippen molar-refractivity contribution in [1.29, 1.82) is 5.26 Å². The molecule has 1 aromatic rings. The van der Waals surface area contributed by atoms with Gasteiger partial charge in [0.15, 0.2) is 0 Å². The molecule has 98 valence electrons. The number of nitrogens with zero attached hydrogens (tertiary/aromatic N) is 3. The van der Waals surface area contributed by atoms with Gasteiger partial charge < -0.3 is 9.47 Å². The van der Waals surface area contributed by atoms with Crippen LogP contribution >= 0.6 is 15.9 Å². The maximum Gasteiger partial charge on any atom is 0.270 e. The number of nitriles is 1. The first-order valence-corrected chi connectivity index (χ1v) is 6.84. The van der Waals surface area contributed by atoms with Gasteiger partial charge >= 0.3 is 0 Å². The molecule has 0 saturated heterocycles. The topological polar surface area (TPSA) is 49.0 Å². The molecule has 0 aromatic carbocycles. The predicted octanol–water partition coefficient (Wildman–Crippen LogP) is 3.21. The maximum atomic E-state index is 12.4. The van der Waals surface area contributed by atoms with Gasteiger partial charge in [0.1, 0.15) is 5.69 Å². The normalized spacial score (nSPS) is 10.4. The van der Waals surface area contributed by atoms with Gasteiger partial charge in [0.05, 0.1) is 12.5 Å². The van der Waals surface area contributed by atoms with Crippen LogP contribution in [0.25, 0.3) is 0 Å².